The molecule has 1 rings (SSSR count). The maximum absolute atomic E-state index is 11.6. The van der Waals surface area contributed by atoms with Crippen molar-refractivity contribution >= 4 is 11.8 Å². The number of nitriles is 1. The summed E-state index contributed by atoms with van der Waals surface area (Å²) in [4.78, 5) is 22.9. The van der Waals surface area contributed by atoms with Crippen molar-refractivity contribution in [3.05, 3.63) is 35.4 Å². The van der Waals surface area contributed by atoms with Crippen LogP contribution in [0.1, 0.15) is 25.0 Å². The van der Waals surface area contributed by atoms with Crippen LogP contribution in [0.15, 0.2) is 24.3 Å². The van der Waals surface area contributed by atoms with Crippen molar-refractivity contribution in [2.45, 2.75) is 26.3 Å². The second kappa shape index (κ2) is 7.17. The Bertz CT molecular complexity index is 486. The molecule has 0 aliphatic heterocycles. The normalized spacial score (nSPS) is 9.79. The fourth-order valence-electron chi connectivity index (χ4n) is 1.50. The summed E-state index contributed by atoms with van der Waals surface area (Å²) in [5, 5.41) is 13.9. The third kappa shape index (κ3) is 5.68. The molecule has 0 radical (unpaired) electrons. The molecule has 2 amide bonds. The van der Waals surface area contributed by atoms with Gasteiger partial charge in [0.1, 0.15) is 0 Å². The molecule has 100 valence electrons. The van der Waals surface area contributed by atoms with Crippen molar-refractivity contribution in [1.82, 2.24) is 10.6 Å². The lowest BCUT2D eigenvalue weighted by molar-refractivity contribution is -0.126. The van der Waals surface area contributed by atoms with Gasteiger partial charge in [0.15, 0.2) is 0 Å². The first-order valence-corrected chi connectivity index (χ1v) is 6.06. The summed E-state index contributed by atoms with van der Waals surface area (Å²) in [5.41, 5.74) is 1.36. The molecule has 0 aliphatic carbocycles. The minimum Gasteiger partial charge on any atom is -0.352 e. The first-order valence-electron chi connectivity index (χ1n) is 6.06. The number of hydrogen-bond donors (Lipinski definition) is 2. The molecular weight excluding hydrogens is 242 g/mol. The van der Waals surface area contributed by atoms with E-state index in [1.807, 2.05) is 19.9 Å². The van der Waals surface area contributed by atoms with Gasteiger partial charge in [0, 0.05) is 6.04 Å². The van der Waals surface area contributed by atoms with E-state index in [4.69, 9.17) is 5.26 Å². The summed E-state index contributed by atoms with van der Waals surface area (Å²) in [5.74, 6) is -0.424. The van der Waals surface area contributed by atoms with Crippen molar-refractivity contribution in [1.29, 1.82) is 5.26 Å². The van der Waals surface area contributed by atoms with Crippen molar-refractivity contribution in [3.63, 3.8) is 0 Å². The van der Waals surface area contributed by atoms with Crippen LogP contribution >= 0.6 is 0 Å². The highest BCUT2D eigenvalue weighted by atomic mass is 16.2. The van der Waals surface area contributed by atoms with Gasteiger partial charge in [-0.25, -0.2) is 0 Å². The summed E-state index contributed by atoms with van der Waals surface area (Å²) in [7, 11) is 0. The molecule has 1 aromatic rings. The van der Waals surface area contributed by atoms with E-state index in [9.17, 15) is 9.59 Å². The summed E-state index contributed by atoms with van der Waals surface area (Å²) >= 11 is 0. The van der Waals surface area contributed by atoms with Crippen molar-refractivity contribution in [2.24, 2.45) is 0 Å². The third-order valence-corrected chi connectivity index (χ3v) is 2.34. The zero-order chi connectivity index (χ0) is 14.3. The topological polar surface area (TPSA) is 82.0 Å². The summed E-state index contributed by atoms with van der Waals surface area (Å²) in [6.45, 7) is 3.69. The van der Waals surface area contributed by atoms with Gasteiger partial charge in [-0.1, -0.05) is 12.1 Å². The molecule has 0 spiro atoms. The number of carbonyl (C=O) groups is 2. The predicted molar refractivity (Wildman–Crippen MR) is 71.1 cm³/mol. The van der Waals surface area contributed by atoms with Gasteiger partial charge < -0.3 is 10.6 Å². The number of rotatable bonds is 5. The molecule has 0 unspecified atom stereocenters. The number of hydrogen-bond acceptors (Lipinski definition) is 3. The maximum Gasteiger partial charge on any atom is 0.239 e. The molecular formula is C14H17N3O2. The van der Waals surface area contributed by atoms with Gasteiger partial charge >= 0.3 is 0 Å². The molecule has 5 nitrogen and oxygen atoms in total. The van der Waals surface area contributed by atoms with E-state index in [0.29, 0.717) is 5.56 Å². The van der Waals surface area contributed by atoms with Crippen LogP contribution in [0, 0.1) is 11.3 Å². The Kier molecular flexibility index (Phi) is 5.55. The Morgan fingerprint density at radius 3 is 2.37 bits per heavy atom. The average Bonchev–Trinajstić information content (AvgIpc) is 2.36. The van der Waals surface area contributed by atoms with Crippen LogP contribution in [0.3, 0.4) is 0 Å². The van der Waals surface area contributed by atoms with E-state index < -0.39 is 0 Å². The second-order valence-corrected chi connectivity index (χ2v) is 4.48. The fourth-order valence-corrected chi connectivity index (χ4v) is 1.50. The first-order chi connectivity index (χ1) is 9.01. The quantitative estimate of drug-likeness (QED) is 0.818. The van der Waals surface area contributed by atoms with E-state index >= 15 is 0 Å². The lowest BCUT2D eigenvalue weighted by Gasteiger charge is -2.09. The maximum atomic E-state index is 11.6. The molecule has 0 aliphatic rings. The van der Waals surface area contributed by atoms with Crippen LogP contribution in [-0.2, 0) is 16.0 Å². The molecule has 0 heterocycles. The zero-order valence-electron chi connectivity index (χ0n) is 11.1. The van der Waals surface area contributed by atoms with Crippen LogP contribution < -0.4 is 10.6 Å². The highest BCUT2D eigenvalue weighted by Gasteiger charge is 2.07. The number of nitrogens with one attached hydrogen (secondary N) is 2. The van der Waals surface area contributed by atoms with E-state index in [2.05, 4.69) is 10.6 Å². The predicted octanol–water partition coefficient (Wildman–Crippen LogP) is 0.742. The minimum absolute atomic E-state index is 0.0205. The van der Waals surface area contributed by atoms with E-state index in [1.54, 1.807) is 24.3 Å². The smallest absolute Gasteiger partial charge is 0.239 e. The van der Waals surface area contributed by atoms with Gasteiger partial charge in [-0.05, 0) is 31.5 Å². The molecule has 0 atom stereocenters. The van der Waals surface area contributed by atoms with Gasteiger partial charge in [-0.15, -0.1) is 0 Å². The largest absolute Gasteiger partial charge is 0.352 e. The SMILES string of the molecule is CC(C)NC(=O)CNC(=O)Cc1ccc(C#N)cc1. The van der Waals surface area contributed by atoms with E-state index in [0.717, 1.165) is 5.56 Å². The molecule has 19 heavy (non-hydrogen) atoms. The van der Waals surface area contributed by atoms with Gasteiger partial charge in [-0.2, -0.15) is 5.26 Å². The first kappa shape index (κ1) is 14.7. The van der Waals surface area contributed by atoms with Crippen LogP contribution in [0.5, 0.6) is 0 Å². The lowest BCUT2D eigenvalue weighted by Crippen LogP contribution is -2.40. The molecule has 0 saturated heterocycles. The summed E-state index contributed by atoms with van der Waals surface area (Å²) < 4.78 is 0. The van der Waals surface area contributed by atoms with Gasteiger partial charge in [0.25, 0.3) is 0 Å². The number of nitrogens with zero attached hydrogens (tertiary/aromatic N) is 1. The van der Waals surface area contributed by atoms with Gasteiger partial charge in [0.2, 0.25) is 11.8 Å². The van der Waals surface area contributed by atoms with E-state index in [-0.39, 0.29) is 30.8 Å². The molecule has 0 fully saturated rings. The molecule has 0 aromatic heterocycles. The average molecular weight is 259 g/mol. The zero-order valence-corrected chi connectivity index (χ0v) is 11.1. The standard InChI is InChI=1S/C14H17N3O2/c1-10(2)17-14(19)9-16-13(18)7-11-3-5-12(8-15)6-4-11/h3-6,10H,7,9H2,1-2H3,(H,16,18)(H,17,19). The number of carbonyl (C=O) groups excluding carboxylic acids is 2. The third-order valence-electron chi connectivity index (χ3n) is 2.34. The van der Waals surface area contributed by atoms with E-state index in [1.165, 1.54) is 0 Å². The number of benzene rings is 1. The Balaban J connectivity index is 2.38. The van der Waals surface area contributed by atoms with Crippen LogP contribution in [0.25, 0.3) is 0 Å². The minimum atomic E-state index is -0.219. The summed E-state index contributed by atoms with van der Waals surface area (Å²) in [6, 6.07) is 8.85. The highest BCUT2D eigenvalue weighted by molar-refractivity contribution is 5.85. The molecule has 2 N–H and O–H groups in total. The Hall–Kier alpha value is -2.35. The van der Waals surface area contributed by atoms with Crippen molar-refractivity contribution in [2.75, 3.05) is 6.54 Å². The molecule has 1 aromatic carbocycles. The van der Waals surface area contributed by atoms with Crippen molar-refractivity contribution in [3.8, 4) is 6.07 Å². The monoisotopic (exact) mass is 259 g/mol. The lowest BCUT2D eigenvalue weighted by atomic mass is 10.1. The Morgan fingerprint density at radius 1 is 1.21 bits per heavy atom. The van der Waals surface area contributed by atoms with Gasteiger partial charge in [0.05, 0.1) is 24.6 Å². The Morgan fingerprint density at radius 2 is 1.84 bits per heavy atom. The molecule has 5 heteroatoms. The van der Waals surface area contributed by atoms with Crippen LogP contribution in [0.2, 0.25) is 0 Å². The van der Waals surface area contributed by atoms with Crippen LogP contribution in [-0.4, -0.2) is 24.4 Å². The van der Waals surface area contributed by atoms with Gasteiger partial charge in [-0.3, -0.25) is 9.59 Å². The molecule has 0 bridgehead atoms. The Labute approximate surface area is 112 Å². The fraction of sp³-hybridized carbons (Fsp3) is 0.357. The van der Waals surface area contributed by atoms with Crippen molar-refractivity contribution < 1.29 is 9.59 Å². The van der Waals surface area contributed by atoms with Crippen LogP contribution in [0.4, 0.5) is 0 Å². The number of amides is 2. The summed E-state index contributed by atoms with van der Waals surface area (Å²) in [6.07, 6.45) is 0.195. The molecule has 0 saturated carbocycles. The second-order valence-electron chi connectivity index (χ2n) is 4.48. The highest BCUT2D eigenvalue weighted by Crippen LogP contribution is 2.03.